The Kier molecular flexibility index (Phi) is 4.32. The van der Waals surface area contributed by atoms with Gasteiger partial charge < -0.3 is 15.4 Å². The van der Waals surface area contributed by atoms with Gasteiger partial charge in [0.15, 0.2) is 0 Å². The fraction of sp³-hybridized carbons (Fsp3) is 0.273. The van der Waals surface area contributed by atoms with E-state index in [0.29, 0.717) is 5.69 Å². The van der Waals surface area contributed by atoms with E-state index in [1.807, 2.05) is 25.1 Å². The molecule has 0 spiro atoms. The third kappa shape index (κ3) is 3.61. The van der Waals surface area contributed by atoms with Crippen LogP contribution < -0.4 is 10.6 Å². The van der Waals surface area contributed by atoms with Gasteiger partial charge in [-0.2, -0.15) is 0 Å². The number of methoxy groups -OCH3 is 1. The fourth-order valence-corrected chi connectivity index (χ4v) is 1.10. The largest absolute Gasteiger partial charge is 0.468 e. The molecule has 0 aliphatic rings. The molecule has 2 N–H and O–H groups in total. The topological polar surface area (TPSA) is 67.4 Å². The second-order valence-electron chi connectivity index (χ2n) is 3.20. The number of esters is 1. The first kappa shape index (κ1) is 12.0. The minimum absolute atomic E-state index is 0.145. The average Bonchev–Trinajstić information content (AvgIpc) is 2.29. The highest BCUT2D eigenvalue weighted by Crippen LogP contribution is 2.12. The van der Waals surface area contributed by atoms with Crippen molar-refractivity contribution in [2.75, 3.05) is 19.0 Å². The monoisotopic (exact) mass is 222 g/mol. The number of carbonyl (C=O) groups excluding carboxylic acids is 2. The summed E-state index contributed by atoms with van der Waals surface area (Å²) in [7, 11) is 1.27. The summed E-state index contributed by atoms with van der Waals surface area (Å²) in [5, 5.41) is 5.02. The first-order valence-electron chi connectivity index (χ1n) is 4.81. The van der Waals surface area contributed by atoms with Gasteiger partial charge >= 0.3 is 12.0 Å². The van der Waals surface area contributed by atoms with Crippen molar-refractivity contribution in [2.45, 2.75) is 6.92 Å². The van der Waals surface area contributed by atoms with E-state index in [4.69, 9.17) is 0 Å². The van der Waals surface area contributed by atoms with Crippen LogP contribution in [-0.4, -0.2) is 25.7 Å². The van der Waals surface area contributed by atoms with Crippen molar-refractivity contribution >= 4 is 17.7 Å². The lowest BCUT2D eigenvalue weighted by Gasteiger charge is -2.08. The lowest BCUT2D eigenvalue weighted by Crippen LogP contribution is -2.33. The quantitative estimate of drug-likeness (QED) is 0.757. The van der Waals surface area contributed by atoms with Crippen LogP contribution in [0, 0.1) is 6.92 Å². The molecule has 1 rings (SSSR count). The number of hydrogen-bond donors (Lipinski definition) is 2. The first-order valence-corrected chi connectivity index (χ1v) is 4.81. The summed E-state index contributed by atoms with van der Waals surface area (Å²) < 4.78 is 4.39. The zero-order valence-electron chi connectivity index (χ0n) is 9.24. The van der Waals surface area contributed by atoms with Crippen LogP contribution in [0.5, 0.6) is 0 Å². The van der Waals surface area contributed by atoms with Crippen molar-refractivity contribution in [3.8, 4) is 0 Å². The average molecular weight is 222 g/mol. The van der Waals surface area contributed by atoms with E-state index in [9.17, 15) is 9.59 Å². The highest BCUT2D eigenvalue weighted by Gasteiger charge is 2.05. The number of anilines is 1. The van der Waals surface area contributed by atoms with Crippen molar-refractivity contribution in [1.29, 1.82) is 0 Å². The highest BCUT2D eigenvalue weighted by atomic mass is 16.5. The molecule has 0 saturated heterocycles. The van der Waals surface area contributed by atoms with Crippen LogP contribution in [-0.2, 0) is 9.53 Å². The summed E-state index contributed by atoms with van der Waals surface area (Å²) in [6.07, 6.45) is 0. The Morgan fingerprint density at radius 2 is 2.00 bits per heavy atom. The molecule has 0 fully saturated rings. The molecule has 0 atom stereocenters. The van der Waals surface area contributed by atoms with Crippen molar-refractivity contribution in [3.63, 3.8) is 0 Å². The van der Waals surface area contributed by atoms with Gasteiger partial charge in [0.2, 0.25) is 0 Å². The Balaban J connectivity index is 2.46. The van der Waals surface area contributed by atoms with E-state index in [1.165, 1.54) is 7.11 Å². The summed E-state index contributed by atoms with van der Waals surface area (Å²) in [5.74, 6) is -0.486. The second-order valence-corrected chi connectivity index (χ2v) is 3.20. The van der Waals surface area contributed by atoms with Crippen LogP contribution in [0.2, 0.25) is 0 Å². The van der Waals surface area contributed by atoms with Gasteiger partial charge in [0, 0.05) is 5.69 Å². The molecule has 0 radical (unpaired) electrons. The molecule has 1 aromatic carbocycles. The highest BCUT2D eigenvalue weighted by molar-refractivity contribution is 5.92. The predicted octanol–water partition coefficient (Wildman–Crippen LogP) is 1.29. The Morgan fingerprint density at radius 1 is 1.31 bits per heavy atom. The Bertz CT molecular complexity index is 391. The number of urea groups is 1. The van der Waals surface area contributed by atoms with Crippen molar-refractivity contribution in [3.05, 3.63) is 29.8 Å². The maximum Gasteiger partial charge on any atom is 0.325 e. The van der Waals surface area contributed by atoms with E-state index in [1.54, 1.807) is 6.07 Å². The minimum atomic E-state index is -0.486. The number of carbonyl (C=O) groups is 2. The number of benzene rings is 1. The van der Waals surface area contributed by atoms with Crippen molar-refractivity contribution in [2.24, 2.45) is 0 Å². The van der Waals surface area contributed by atoms with E-state index in [2.05, 4.69) is 15.4 Å². The number of hydrogen-bond acceptors (Lipinski definition) is 3. The lowest BCUT2D eigenvalue weighted by atomic mass is 10.2. The predicted molar refractivity (Wildman–Crippen MR) is 60.2 cm³/mol. The Labute approximate surface area is 93.8 Å². The van der Waals surface area contributed by atoms with E-state index in [0.717, 1.165) is 5.56 Å². The van der Waals surface area contributed by atoms with E-state index in [-0.39, 0.29) is 6.54 Å². The van der Waals surface area contributed by atoms with E-state index < -0.39 is 12.0 Å². The number of para-hydroxylation sites is 1. The third-order valence-corrected chi connectivity index (χ3v) is 2.01. The van der Waals surface area contributed by atoms with Crippen molar-refractivity contribution < 1.29 is 14.3 Å². The van der Waals surface area contributed by atoms with Gasteiger partial charge in [0.05, 0.1) is 7.11 Å². The Morgan fingerprint density at radius 3 is 2.62 bits per heavy atom. The fourth-order valence-electron chi connectivity index (χ4n) is 1.10. The molecular weight excluding hydrogens is 208 g/mol. The molecule has 0 aliphatic heterocycles. The smallest absolute Gasteiger partial charge is 0.325 e. The van der Waals surface area contributed by atoms with Gasteiger partial charge in [-0.15, -0.1) is 0 Å². The molecule has 0 bridgehead atoms. The normalized spacial score (nSPS) is 9.38. The van der Waals surface area contributed by atoms with Gasteiger partial charge in [0.25, 0.3) is 0 Å². The second kappa shape index (κ2) is 5.75. The Hall–Kier alpha value is -2.04. The van der Waals surface area contributed by atoms with Crippen molar-refractivity contribution in [1.82, 2.24) is 5.32 Å². The van der Waals surface area contributed by atoms with E-state index >= 15 is 0 Å². The summed E-state index contributed by atoms with van der Waals surface area (Å²) in [6, 6.07) is 6.94. The molecule has 1 aromatic rings. The molecule has 5 heteroatoms. The zero-order valence-corrected chi connectivity index (χ0v) is 9.24. The van der Waals surface area contributed by atoms with Crippen LogP contribution >= 0.6 is 0 Å². The number of nitrogens with one attached hydrogen (secondary N) is 2. The molecule has 86 valence electrons. The molecule has 16 heavy (non-hydrogen) atoms. The molecule has 0 aliphatic carbocycles. The summed E-state index contributed by atoms with van der Waals surface area (Å²) in [5.41, 5.74) is 1.67. The SMILES string of the molecule is COC(=O)CNC(=O)Nc1ccccc1C. The molecule has 0 heterocycles. The molecule has 0 saturated carbocycles. The standard InChI is InChI=1S/C11H14N2O3/c1-8-5-3-4-6-9(8)13-11(15)12-7-10(14)16-2/h3-6H,7H2,1-2H3,(H2,12,13,15). The maximum atomic E-state index is 11.4. The number of aryl methyl sites for hydroxylation is 1. The molecule has 0 unspecified atom stereocenters. The van der Waals surface area contributed by atoms with Crippen LogP contribution in [0.25, 0.3) is 0 Å². The van der Waals surface area contributed by atoms with Gasteiger partial charge in [-0.1, -0.05) is 18.2 Å². The lowest BCUT2D eigenvalue weighted by molar-refractivity contribution is -0.139. The van der Waals surface area contributed by atoms with Crippen LogP contribution in [0.15, 0.2) is 24.3 Å². The third-order valence-electron chi connectivity index (χ3n) is 2.01. The molecule has 0 aromatic heterocycles. The van der Waals surface area contributed by atoms with Gasteiger partial charge in [-0.3, -0.25) is 4.79 Å². The summed E-state index contributed by atoms with van der Waals surface area (Å²) in [6.45, 7) is 1.74. The van der Waals surface area contributed by atoms with Crippen LogP contribution in [0.3, 0.4) is 0 Å². The van der Waals surface area contributed by atoms with Gasteiger partial charge in [0.1, 0.15) is 6.54 Å². The molecule has 5 nitrogen and oxygen atoms in total. The number of ether oxygens (including phenoxy) is 1. The summed E-state index contributed by atoms with van der Waals surface area (Å²) >= 11 is 0. The minimum Gasteiger partial charge on any atom is -0.468 e. The van der Waals surface area contributed by atoms with Gasteiger partial charge in [-0.05, 0) is 18.6 Å². The molecule has 2 amide bonds. The maximum absolute atomic E-state index is 11.4. The van der Waals surface area contributed by atoms with Gasteiger partial charge in [-0.25, -0.2) is 4.79 Å². The zero-order chi connectivity index (χ0) is 12.0. The van der Waals surface area contributed by atoms with Crippen LogP contribution in [0.1, 0.15) is 5.56 Å². The number of rotatable bonds is 3. The van der Waals surface area contributed by atoms with Crippen LogP contribution in [0.4, 0.5) is 10.5 Å². The number of amides is 2. The first-order chi connectivity index (χ1) is 7.63. The summed E-state index contributed by atoms with van der Waals surface area (Å²) in [4.78, 5) is 22.1. The molecular formula is C11H14N2O3.